The highest BCUT2D eigenvalue weighted by Crippen LogP contribution is 2.38. The second kappa shape index (κ2) is 6.61. The van der Waals surface area contributed by atoms with Crippen LogP contribution in [0.4, 0.5) is 0 Å². The molecule has 0 aliphatic heterocycles. The fourth-order valence-corrected chi connectivity index (χ4v) is 3.97. The van der Waals surface area contributed by atoms with Crippen molar-refractivity contribution in [2.45, 2.75) is 70.9 Å². The number of para-hydroxylation sites is 1. The molecule has 132 valence electrons. The molecule has 1 aromatic heterocycles. The van der Waals surface area contributed by atoms with Gasteiger partial charge in [-0.25, -0.2) is 0 Å². The van der Waals surface area contributed by atoms with E-state index in [1.807, 2.05) is 18.5 Å². The van der Waals surface area contributed by atoms with E-state index in [1.165, 1.54) is 6.42 Å². The zero-order chi connectivity index (χ0) is 18.1. The first-order valence-corrected chi connectivity index (χ1v) is 9.01. The van der Waals surface area contributed by atoms with Gasteiger partial charge in [-0.3, -0.25) is 5.32 Å². The van der Waals surface area contributed by atoms with Crippen LogP contribution < -0.4 is 5.32 Å². The van der Waals surface area contributed by atoms with E-state index in [9.17, 15) is 0 Å². The van der Waals surface area contributed by atoms with Crippen molar-refractivity contribution in [3.8, 4) is 18.0 Å². The molecule has 0 saturated heterocycles. The summed E-state index contributed by atoms with van der Waals surface area (Å²) in [4.78, 5) is 0. The lowest BCUT2D eigenvalue weighted by molar-refractivity contribution is 0.181. The third kappa shape index (κ3) is 3.32. The zero-order valence-electron chi connectivity index (χ0n) is 15.6. The molecule has 2 aromatic rings. The van der Waals surface area contributed by atoms with E-state index in [0.717, 1.165) is 48.3 Å². The van der Waals surface area contributed by atoms with Gasteiger partial charge < -0.3 is 0 Å². The maximum absolute atomic E-state index is 5.76. The Hall–Kier alpha value is -2.19. The van der Waals surface area contributed by atoms with Crippen LogP contribution >= 0.6 is 0 Å². The van der Waals surface area contributed by atoms with Crippen LogP contribution in [0.2, 0.25) is 0 Å². The maximum Gasteiger partial charge on any atom is 0.176 e. The molecule has 3 rings (SSSR count). The Kier molecular flexibility index (Phi) is 4.66. The lowest BCUT2D eigenvalue weighted by Crippen LogP contribution is -2.54. The third-order valence-electron chi connectivity index (χ3n) is 5.17. The van der Waals surface area contributed by atoms with Crippen LogP contribution in [0.1, 0.15) is 62.9 Å². The summed E-state index contributed by atoms with van der Waals surface area (Å²) in [6, 6.07) is 6.26. The van der Waals surface area contributed by atoms with Crippen LogP contribution in [0, 0.1) is 26.2 Å². The van der Waals surface area contributed by atoms with Gasteiger partial charge in [0.2, 0.25) is 0 Å². The highest BCUT2D eigenvalue weighted by atomic mass is 15.6. The Morgan fingerprint density at radius 3 is 2.40 bits per heavy atom. The average Bonchev–Trinajstić information content (AvgIpc) is 3.05. The Morgan fingerprint density at radius 2 is 1.80 bits per heavy atom. The van der Waals surface area contributed by atoms with Gasteiger partial charge in [0.1, 0.15) is 0 Å². The first-order chi connectivity index (χ1) is 11.9. The van der Waals surface area contributed by atoms with E-state index in [4.69, 9.17) is 6.42 Å². The summed E-state index contributed by atoms with van der Waals surface area (Å²) < 4.78 is 1.91. The second-order valence-electron chi connectivity index (χ2n) is 7.69. The second-order valence-corrected chi connectivity index (χ2v) is 7.69. The lowest BCUT2D eigenvalue weighted by atomic mass is 9.79. The Labute approximate surface area is 150 Å². The van der Waals surface area contributed by atoms with Crippen LogP contribution in [-0.2, 0) is 5.54 Å². The normalized spacial score (nSPS) is 17.2. The van der Waals surface area contributed by atoms with Gasteiger partial charge in [0.25, 0.3) is 0 Å². The van der Waals surface area contributed by atoms with Gasteiger partial charge in [0.15, 0.2) is 5.82 Å². The van der Waals surface area contributed by atoms with Crippen LogP contribution in [0.5, 0.6) is 0 Å². The summed E-state index contributed by atoms with van der Waals surface area (Å²) in [6.07, 6.45) is 11.3. The fourth-order valence-electron chi connectivity index (χ4n) is 3.97. The van der Waals surface area contributed by atoms with Crippen molar-refractivity contribution in [1.29, 1.82) is 0 Å². The minimum Gasteiger partial charge on any atom is -0.289 e. The van der Waals surface area contributed by atoms with Crippen molar-refractivity contribution in [3.63, 3.8) is 0 Å². The molecular weight excluding hydrogens is 310 g/mol. The molecule has 1 N–H and O–H groups in total. The number of aromatic nitrogens is 4. The molecule has 1 aliphatic carbocycles. The van der Waals surface area contributed by atoms with Crippen molar-refractivity contribution < 1.29 is 0 Å². The number of nitrogens with zero attached hydrogens (tertiary/aromatic N) is 4. The molecule has 0 bridgehead atoms. The summed E-state index contributed by atoms with van der Waals surface area (Å²) in [7, 11) is 0. The minimum atomic E-state index is -0.422. The van der Waals surface area contributed by atoms with E-state index in [0.29, 0.717) is 0 Å². The van der Waals surface area contributed by atoms with Crippen molar-refractivity contribution in [3.05, 3.63) is 35.2 Å². The topological polar surface area (TPSA) is 55.6 Å². The quantitative estimate of drug-likeness (QED) is 0.868. The first-order valence-electron chi connectivity index (χ1n) is 9.01. The molecule has 5 nitrogen and oxygen atoms in total. The molecule has 1 aliphatic rings. The molecule has 1 heterocycles. The first kappa shape index (κ1) is 17.6. The van der Waals surface area contributed by atoms with Gasteiger partial charge in [-0.15, -0.1) is 11.5 Å². The summed E-state index contributed by atoms with van der Waals surface area (Å²) in [5.74, 6) is 3.74. The lowest BCUT2D eigenvalue weighted by Gasteiger charge is -2.41. The third-order valence-corrected chi connectivity index (χ3v) is 5.17. The van der Waals surface area contributed by atoms with Gasteiger partial charge in [-0.05, 0) is 62.1 Å². The van der Waals surface area contributed by atoms with Crippen molar-refractivity contribution in [1.82, 2.24) is 25.5 Å². The van der Waals surface area contributed by atoms with Gasteiger partial charge in [-0.2, -0.15) is 4.68 Å². The number of tetrazole rings is 1. The number of aryl methyl sites for hydroxylation is 2. The van der Waals surface area contributed by atoms with Crippen molar-refractivity contribution >= 4 is 0 Å². The Morgan fingerprint density at radius 1 is 1.16 bits per heavy atom. The molecule has 0 amide bonds. The predicted molar refractivity (Wildman–Crippen MR) is 99.4 cm³/mol. The number of hydrogen-bond donors (Lipinski definition) is 1. The van der Waals surface area contributed by atoms with Gasteiger partial charge in [-0.1, -0.05) is 43.4 Å². The fraction of sp³-hybridized carbons (Fsp3) is 0.550. The van der Waals surface area contributed by atoms with Crippen LogP contribution in [-0.4, -0.2) is 25.7 Å². The van der Waals surface area contributed by atoms with E-state index >= 15 is 0 Å². The maximum atomic E-state index is 5.76. The van der Waals surface area contributed by atoms with Gasteiger partial charge in [0, 0.05) is 0 Å². The molecular formula is C20H27N5. The number of hydrogen-bond acceptors (Lipinski definition) is 4. The van der Waals surface area contributed by atoms with E-state index in [1.54, 1.807) is 0 Å². The molecule has 5 heteroatoms. The number of terminal acetylenes is 1. The number of benzene rings is 1. The standard InChI is InChI=1S/C20H27N5/c1-6-19(4,5)22-20(13-8-7-9-14-20)18-21-23-24-25(18)17-15(2)11-10-12-16(17)3/h1,10-12,22H,7-9,13-14H2,2-5H3. The summed E-state index contributed by atoms with van der Waals surface area (Å²) in [5, 5.41) is 16.5. The number of nitrogens with one attached hydrogen (secondary N) is 1. The summed E-state index contributed by atoms with van der Waals surface area (Å²) >= 11 is 0. The zero-order valence-corrected chi connectivity index (χ0v) is 15.6. The van der Waals surface area contributed by atoms with Crippen LogP contribution in [0.25, 0.3) is 5.69 Å². The Balaban J connectivity index is 2.13. The minimum absolute atomic E-state index is 0.299. The van der Waals surface area contributed by atoms with Gasteiger partial charge >= 0.3 is 0 Å². The van der Waals surface area contributed by atoms with Crippen molar-refractivity contribution in [2.75, 3.05) is 0 Å². The van der Waals surface area contributed by atoms with Crippen LogP contribution in [0.3, 0.4) is 0 Å². The predicted octanol–water partition coefficient (Wildman–Crippen LogP) is 3.44. The molecule has 25 heavy (non-hydrogen) atoms. The van der Waals surface area contributed by atoms with E-state index < -0.39 is 5.54 Å². The Bertz CT molecular complexity index is 770. The summed E-state index contributed by atoms with van der Waals surface area (Å²) in [5.41, 5.74) is 2.67. The molecule has 0 unspecified atom stereocenters. The number of rotatable bonds is 4. The monoisotopic (exact) mass is 337 g/mol. The summed E-state index contributed by atoms with van der Waals surface area (Å²) in [6.45, 7) is 8.27. The molecule has 0 spiro atoms. The van der Waals surface area contributed by atoms with Crippen molar-refractivity contribution in [2.24, 2.45) is 0 Å². The van der Waals surface area contributed by atoms with E-state index in [2.05, 4.69) is 58.8 Å². The highest BCUT2D eigenvalue weighted by molar-refractivity contribution is 5.47. The molecule has 1 saturated carbocycles. The SMILES string of the molecule is C#CC(C)(C)NC1(c2nnnn2-c2c(C)cccc2C)CCCCC1. The smallest absolute Gasteiger partial charge is 0.176 e. The highest BCUT2D eigenvalue weighted by Gasteiger charge is 2.42. The van der Waals surface area contributed by atoms with Crippen LogP contribution in [0.15, 0.2) is 18.2 Å². The largest absolute Gasteiger partial charge is 0.289 e. The molecule has 0 atom stereocenters. The molecule has 1 fully saturated rings. The molecule has 0 radical (unpaired) electrons. The van der Waals surface area contributed by atoms with Gasteiger partial charge in [0.05, 0.1) is 16.8 Å². The average molecular weight is 337 g/mol. The molecule has 1 aromatic carbocycles. The van der Waals surface area contributed by atoms with E-state index in [-0.39, 0.29) is 5.54 Å².